The Morgan fingerprint density at radius 3 is 2.49 bits per heavy atom. The molecule has 5 N–H and O–H groups in total. The maximum absolute atomic E-state index is 13.1. The van der Waals surface area contributed by atoms with Crippen LogP contribution in [-0.2, 0) is 4.79 Å². The maximum Gasteiger partial charge on any atom is 0.257 e. The molecule has 1 aliphatic rings. The molecule has 0 saturated carbocycles. The van der Waals surface area contributed by atoms with Crippen LogP contribution in [0.5, 0.6) is 5.75 Å². The third-order valence-corrected chi connectivity index (χ3v) is 6.48. The van der Waals surface area contributed by atoms with Crippen LogP contribution in [0.2, 0.25) is 0 Å². The van der Waals surface area contributed by atoms with Crippen molar-refractivity contribution in [2.75, 3.05) is 23.7 Å². The highest BCUT2D eigenvalue weighted by atomic mass is 16.3. The molecule has 182 valence electrons. The Morgan fingerprint density at radius 1 is 1.09 bits per heavy atom. The third-order valence-electron chi connectivity index (χ3n) is 6.48. The van der Waals surface area contributed by atoms with Gasteiger partial charge in [0.2, 0.25) is 5.91 Å². The number of hydrogen-bond acceptors (Lipinski definition) is 7. The lowest BCUT2D eigenvalue weighted by Crippen LogP contribution is -2.44. The van der Waals surface area contributed by atoms with E-state index < -0.39 is 28.6 Å². The van der Waals surface area contributed by atoms with Crippen LogP contribution in [0.1, 0.15) is 48.1 Å². The average Bonchev–Trinajstić information content (AvgIpc) is 2.89. The zero-order chi connectivity index (χ0) is 25.1. The van der Waals surface area contributed by atoms with E-state index in [2.05, 4.69) is 10.6 Å². The lowest BCUT2D eigenvalue weighted by Gasteiger charge is -2.31. The monoisotopic (exact) mass is 476 g/mol. The molecule has 4 rings (SSSR count). The van der Waals surface area contributed by atoms with Crippen molar-refractivity contribution in [1.82, 2.24) is 4.90 Å². The number of nitrogens with one attached hydrogen (secondary N) is 2. The molecule has 1 heterocycles. The van der Waals surface area contributed by atoms with E-state index >= 15 is 0 Å². The number of aromatic hydroxyl groups is 1. The molecule has 35 heavy (non-hydrogen) atoms. The zero-order valence-corrected chi connectivity index (χ0v) is 19.4. The summed E-state index contributed by atoms with van der Waals surface area (Å²) in [6.45, 7) is 2.60. The first kappa shape index (κ1) is 24.0. The highest BCUT2D eigenvalue weighted by Crippen LogP contribution is 2.34. The van der Waals surface area contributed by atoms with Crippen molar-refractivity contribution in [3.8, 4) is 5.75 Å². The van der Waals surface area contributed by atoms with Crippen molar-refractivity contribution in [2.24, 2.45) is 11.7 Å². The summed E-state index contributed by atoms with van der Waals surface area (Å²) in [5.41, 5.74) is 5.38. The van der Waals surface area contributed by atoms with E-state index in [1.54, 1.807) is 6.07 Å². The maximum atomic E-state index is 13.1. The van der Waals surface area contributed by atoms with E-state index in [4.69, 9.17) is 5.73 Å². The fourth-order valence-corrected chi connectivity index (χ4v) is 4.45. The molecule has 3 aromatic rings. The summed E-state index contributed by atoms with van der Waals surface area (Å²) in [6.07, 6.45) is 1.94. The highest BCUT2D eigenvalue weighted by Gasteiger charge is 2.30. The van der Waals surface area contributed by atoms with Crippen LogP contribution in [0.15, 0.2) is 58.1 Å². The molecule has 9 nitrogen and oxygen atoms in total. The van der Waals surface area contributed by atoms with Crippen molar-refractivity contribution in [2.45, 2.75) is 32.2 Å². The molecule has 1 aliphatic heterocycles. The lowest BCUT2D eigenvalue weighted by molar-refractivity contribution is -0.123. The third kappa shape index (κ3) is 4.75. The highest BCUT2D eigenvalue weighted by molar-refractivity contribution is 5.99. The minimum Gasteiger partial charge on any atom is -0.505 e. The lowest BCUT2D eigenvalue weighted by atomic mass is 9.96. The van der Waals surface area contributed by atoms with Gasteiger partial charge in [-0.25, -0.2) is 0 Å². The second-order valence-corrected chi connectivity index (χ2v) is 8.74. The van der Waals surface area contributed by atoms with Crippen molar-refractivity contribution in [3.05, 3.63) is 80.1 Å². The first-order valence-corrected chi connectivity index (χ1v) is 11.6. The van der Waals surface area contributed by atoms with Crippen LogP contribution in [0.3, 0.4) is 0 Å². The largest absolute Gasteiger partial charge is 0.505 e. The summed E-state index contributed by atoms with van der Waals surface area (Å²) in [4.78, 5) is 50.8. The van der Waals surface area contributed by atoms with Gasteiger partial charge in [-0.3, -0.25) is 19.2 Å². The number of hydrogen-bond donors (Lipinski definition) is 4. The van der Waals surface area contributed by atoms with E-state index in [0.29, 0.717) is 25.8 Å². The Bertz CT molecular complexity index is 1310. The van der Waals surface area contributed by atoms with Gasteiger partial charge in [0.15, 0.2) is 5.75 Å². The summed E-state index contributed by atoms with van der Waals surface area (Å²) in [5, 5.41) is 16.8. The summed E-state index contributed by atoms with van der Waals surface area (Å²) in [7, 11) is 0. The number of nitrogens with two attached hydrogens (primary N) is 1. The van der Waals surface area contributed by atoms with Gasteiger partial charge >= 0.3 is 0 Å². The van der Waals surface area contributed by atoms with Crippen molar-refractivity contribution in [3.63, 3.8) is 0 Å². The van der Waals surface area contributed by atoms with E-state index in [9.17, 15) is 24.3 Å². The first-order chi connectivity index (χ1) is 16.8. The zero-order valence-electron chi connectivity index (χ0n) is 19.4. The molecular weight excluding hydrogens is 448 g/mol. The number of primary amides is 1. The van der Waals surface area contributed by atoms with Gasteiger partial charge < -0.3 is 26.4 Å². The van der Waals surface area contributed by atoms with Crippen LogP contribution in [-0.4, -0.2) is 34.9 Å². The molecule has 0 aliphatic carbocycles. The predicted octanol–water partition coefficient (Wildman–Crippen LogP) is 2.63. The number of anilines is 3. The summed E-state index contributed by atoms with van der Waals surface area (Å²) in [6, 6.07) is 13.9. The van der Waals surface area contributed by atoms with Crippen LogP contribution in [0.4, 0.5) is 17.1 Å². The quantitative estimate of drug-likeness (QED) is 0.289. The number of carbonyl (C=O) groups is 2. The van der Waals surface area contributed by atoms with E-state index in [-0.39, 0.29) is 41.0 Å². The number of carbonyl (C=O) groups excluding carboxylic acids is 2. The van der Waals surface area contributed by atoms with Crippen molar-refractivity contribution < 1.29 is 14.7 Å². The molecule has 0 radical (unpaired) electrons. The Hall–Kier alpha value is -4.14. The fraction of sp³-hybridized carbons (Fsp3) is 0.308. The van der Waals surface area contributed by atoms with Gasteiger partial charge in [-0.2, -0.15) is 0 Å². The molecule has 2 unspecified atom stereocenters. The Labute approximate surface area is 202 Å². The number of phenolic OH excluding ortho intramolecular Hbond substituents is 1. The Morgan fingerprint density at radius 2 is 1.80 bits per heavy atom. The molecule has 1 saturated heterocycles. The second kappa shape index (κ2) is 10.0. The molecule has 2 amide bonds. The number of phenols is 1. The van der Waals surface area contributed by atoms with Gasteiger partial charge in [0.05, 0.1) is 23.2 Å². The molecule has 0 spiro atoms. The second-order valence-electron chi connectivity index (χ2n) is 8.74. The smallest absolute Gasteiger partial charge is 0.257 e. The van der Waals surface area contributed by atoms with E-state index in [1.165, 1.54) is 17.0 Å². The molecule has 3 aromatic carbocycles. The SMILES string of the molecule is CCC(Nc1c(Nc2cccc(C(=O)N3CCCC(C(N)=O)C3)c2O)c(=O)c1=O)c1ccccc1. The average molecular weight is 477 g/mol. The van der Waals surface area contributed by atoms with Gasteiger partial charge in [0.1, 0.15) is 11.4 Å². The van der Waals surface area contributed by atoms with Gasteiger partial charge in [-0.1, -0.05) is 43.3 Å². The number of piperidine rings is 1. The Balaban J connectivity index is 1.56. The van der Waals surface area contributed by atoms with Gasteiger partial charge in [0.25, 0.3) is 16.8 Å². The van der Waals surface area contributed by atoms with Crippen molar-refractivity contribution >= 4 is 28.9 Å². The summed E-state index contributed by atoms with van der Waals surface area (Å²) < 4.78 is 0. The molecule has 0 aromatic heterocycles. The standard InChI is InChI=1S/C26H28N4O5/c1-2-18(15-8-4-3-5-9-15)28-20-21(24(33)23(20)32)29-19-12-6-11-17(22(19)31)26(35)30-13-7-10-16(14-30)25(27)34/h3-6,8-9,11-12,16,18,28-29,31H,2,7,10,13-14H2,1H3,(H2,27,34). The fourth-order valence-electron chi connectivity index (χ4n) is 4.45. The number of benzene rings is 2. The summed E-state index contributed by atoms with van der Waals surface area (Å²) in [5.74, 6) is -1.66. The predicted molar refractivity (Wildman–Crippen MR) is 134 cm³/mol. The van der Waals surface area contributed by atoms with Gasteiger partial charge in [-0.05, 0) is 37.0 Å². The molecule has 1 fully saturated rings. The molecule has 0 bridgehead atoms. The minimum atomic E-state index is -0.702. The molecule has 2 atom stereocenters. The number of likely N-dealkylation sites (tertiary alicyclic amines) is 1. The van der Waals surface area contributed by atoms with E-state index in [0.717, 1.165) is 5.56 Å². The topological polar surface area (TPSA) is 142 Å². The molecular formula is C26H28N4O5. The van der Waals surface area contributed by atoms with Crippen molar-refractivity contribution in [1.29, 1.82) is 0 Å². The number of amides is 2. The normalized spacial score (nSPS) is 16.6. The minimum absolute atomic E-state index is 0.0315. The van der Waals surface area contributed by atoms with Crippen LogP contribution in [0, 0.1) is 5.92 Å². The van der Waals surface area contributed by atoms with Gasteiger partial charge in [0, 0.05) is 13.1 Å². The van der Waals surface area contributed by atoms with Crippen LogP contribution < -0.4 is 27.2 Å². The Kier molecular flexibility index (Phi) is 6.86. The number of rotatable bonds is 8. The number of nitrogens with zero attached hydrogens (tertiary/aromatic N) is 1. The van der Waals surface area contributed by atoms with E-state index in [1.807, 2.05) is 37.3 Å². The first-order valence-electron chi connectivity index (χ1n) is 11.6. The molecule has 9 heteroatoms. The number of para-hydroxylation sites is 1. The van der Waals surface area contributed by atoms with Crippen LogP contribution >= 0.6 is 0 Å². The van der Waals surface area contributed by atoms with Crippen LogP contribution in [0.25, 0.3) is 0 Å². The summed E-state index contributed by atoms with van der Waals surface area (Å²) >= 11 is 0. The van der Waals surface area contributed by atoms with Gasteiger partial charge in [-0.15, -0.1) is 0 Å².